The summed E-state index contributed by atoms with van der Waals surface area (Å²) in [5.41, 5.74) is 0.0495. The summed E-state index contributed by atoms with van der Waals surface area (Å²) in [6.45, 7) is 1.57. The molecule has 1 saturated heterocycles. The highest BCUT2D eigenvalue weighted by molar-refractivity contribution is 7.91. The van der Waals surface area contributed by atoms with E-state index in [0.717, 1.165) is 0 Å². The number of piperazine rings is 1. The van der Waals surface area contributed by atoms with Crippen molar-refractivity contribution in [3.63, 3.8) is 0 Å². The Balaban J connectivity index is 1.59. The molecular formula is C16H18N4O7S2. The third-order valence-corrected chi connectivity index (χ3v) is 7.84. The Bertz CT molecular complexity index is 1080. The maximum Gasteiger partial charge on any atom is 0.310 e. The van der Waals surface area contributed by atoms with Crippen molar-refractivity contribution in [3.05, 3.63) is 49.7 Å². The topological polar surface area (TPSA) is 143 Å². The number of nitro benzene ring substituents is 1. The molecule has 3 rings (SSSR count). The van der Waals surface area contributed by atoms with Crippen LogP contribution in [0.4, 0.5) is 5.69 Å². The zero-order valence-corrected chi connectivity index (χ0v) is 17.0. The van der Waals surface area contributed by atoms with E-state index < -0.39 is 32.3 Å². The lowest BCUT2D eigenvalue weighted by Gasteiger charge is -2.33. The van der Waals surface area contributed by atoms with Crippen molar-refractivity contribution in [2.75, 3.05) is 32.8 Å². The maximum absolute atomic E-state index is 12.7. The molecule has 0 bridgehead atoms. The van der Waals surface area contributed by atoms with E-state index in [1.54, 1.807) is 6.07 Å². The van der Waals surface area contributed by atoms with E-state index in [4.69, 9.17) is 4.74 Å². The molecule has 2 aromatic rings. The highest BCUT2D eigenvalue weighted by Crippen LogP contribution is 2.26. The highest BCUT2D eigenvalue weighted by atomic mass is 32.2. The number of ether oxygens (including phenoxy) is 1. The zero-order valence-electron chi connectivity index (χ0n) is 15.4. The van der Waals surface area contributed by atoms with Crippen LogP contribution in [-0.4, -0.2) is 66.2 Å². The Morgan fingerprint density at radius 2 is 1.93 bits per heavy atom. The number of aryl methyl sites for hydroxylation is 1. The van der Waals surface area contributed by atoms with E-state index in [1.807, 2.05) is 0 Å². The van der Waals surface area contributed by atoms with Gasteiger partial charge in [-0.2, -0.15) is 4.31 Å². The third kappa shape index (κ3) is 4.46. The molecule has 0 radical (unpaired) electrons. The van der Waals surface area contributed by atoms with Crippen molar-refractivity contribution < 1.29 is 22.9 Å². The summed E-state index contributed by atoms with van der Waals surface area (Å²) >= 11 is 0.635. The van der Waals surface area contributed by atoms with Crippen LogP contribution in [0.25, 0.3) is 0 Å². The van der Waals surface area contributed by atoms with Gasteiger partial charge >= 0.3 is 10.6 Å². The van der Waals surface area contributed by atoms with E-state index in [-0.39, 0.29) is 47.5 Å². The van der Waals surface area contributed by atoms with E-state index >= 15 is 0 Å². The number of sulfonamides is 1. The number of benzene rings is 1. The Labute approximate surface area is 169 Å². The Kier molecular flexibility index (Phi) is 6.00. The molecular weight excluding hydrogens is 424 g/mol. The van der Waals surface area contributed by atoms with Gasteiger partial charge in [0.1, 0.15) is 0 Å². The van der Waals surface area contributed by atoms with Gasteiger partial charge < -0.3 is 14.6 Å². The third-order valence-electron chi connectivity index (χ3n) is 4.36. The van der Waals surface area contributed by atoms with Gasteiger partial charge in [0.15, 0.2) is 16.6 Å². The average molecular weight is 442 g/mol. The number of nitro groups is 1. The molecule has 1 amide bonds. The molecule has 0 atom stereocenters. The molecule has 1 aromatic carbocycles. The summed E-state index contributed by atoms with van der Waals surface area (Å²) in [7, 11) is -3.81. The number of hydrogen-bond acceptors (Lipinski definition) is 8. The van der Waals surface area contributed by atoms with Gasteiger partial charge in [-0.25, -0.2) is 8.42 Å². The molecule has 11 nitrogen and oxygen atoms in total. The summed E-state index contributed by atoms with van der Waals surface area (Å²) in [6, 6.07) is 5.74. The first kappa shape index (κ1) is 21.0. The minimum atomic E-state index is -3.81. The Morgan fingerprint density at radius 3 is 2.52 bits per heavy atom. The van der Waals surface area contributed by atoms with Crippen molar-refractivity contribution in [2.24, 2.45) is 0 Å². The van der Waals surface area contributed by atoms with Crippen LogP contribution < -0.4 is 9.61 Å². The SMILES string of the molecule is Cc1[nH]c(=O)sc1S(=O)(=O)N1CCN(C(=O)COc2ccccc2[N+](=O)[O-])CC1. The van der Waals surface area contributed by atoms with Gasteiger partial charge in [-0.3, -0.25) is 19.7 Å². The summed E-state index contributed by atoms with van der Waals surface area (Å²) in [6.07, 6.45) is 0. The van der Waals surface area contributed by atoms with Crippen LogP contribution in [0, 0.1) is 17.0 Å². The second-order valence-electron chi connectivity index (χ2n) is 6.23. The number of rotatable bonds is 6. The minimum Gasteiger partial charge on any atom is -0.477 e. The molecule has 1 aliphatic heterocycles. The van der Waals surface area contributed by atoms with Crippen molar-refractivity contribution in [1.29, 1.82) is 0 Å². The van der Waals surface area contributed by atoms with Gasteiger partial charge in [-0.1, -0.05) is 23.5 Å². The highest BCUT2D eigenvalue weighted by Gasteiger charge is 2.32. The Hall–Kier alpha value is -2.77. The van der Waals surface area contributed by atoms with E-state index in [1.165, 1.54) is 34.3 Å². The number of amides is 1. The average Bonchev–Trinajstić information content (AvgIpc) is 3.05. The summed E-state index contributed by atoms with van der Waals surface area (Å²) in [5.74, 6) is -0.410. The fourth-order valence-electron chi connectivity index (χ4n) is 2.89. The van der Waals surface area contributed by atoms with Crippen LogP contribution >= 0.6 is 11.3 Å². The number of nitrogens with one attached hydrogen (secondary N) is 1. The van der Waals surface area contributed by atoms with Crippen LogP contribution in [0.3, 0.4) is 0 Å². The minimum absolute atomic E-state index is 0.00935. The predicted octanol–water partition coefficient (Wildman–Crippen LogP) is 0.565. The molecule has 13 heteroatoms. The fourth-order valence-corrected chi connectivity index (χ4v) is 5.75. The van der Waals surface area contributed by atoms with Crippen LogP contribution in [0.1, 0.15) is 5.69 Å². The molecule has 0 saturated carbocycles. The molecule has 0 unspecified atom stereocenters. The standard InChI is InChI=1S/C16H18N4O7S2/c1-11-15(28-16(22)17-11)29(25,26)19-8-6-18(7-9-19)14(21)10-27-13-5-3-2-4-12(13)20(23)24/h2-5H,6-10H2,1H3,(H,17,22). The fraction of sp³-hybridized carbons (Fsp3) is 0.375. The monoisotopic (exact) mass is 442 g/mol. The number of carbonyl (C=O) groups excluding carboxylic acids is 1. The van der Waals surface area contributed by atoms with E-state index in [2.05, 4.69) is 4.98 Å². The predicted molar refractivity (Wildman–Crippen MR) is 104 cm³/mol. The van der Waals surface area contributed by atoms with Crippen LogP contribution in [0.5, 0.6) is 5.75 Å². The van der Waals surface area contributed by atoms with E-state index in [9.17, 15) is 28.1 Å². The van der Waals surface area contributed by atoms with Crippen LogP contribution in [-0.2, 0) is 14.8 Å². The number of thiazole rings is 1. The number of H-pyrrole nitrogens is 1. The largest absolute Gasteiger partial charge is 0.477 e. The van der Waals surface area contributed by atoms with E-state index in [0.29, 0.717) is 11.3 Å². The Morgan fingerprint density at radius 1 is 1.28 bits per heavy atom. The van der Waals surface area contributed by atoms with Gasteiger partial charge in [-0.05, 0) is 13.0 Å². The molecule has 2 heterocycles. The van der Waals surface area contributed by atoms with Crippen LogP contribution in [0.15, 0.2) is 33.3 Å². The number of carbonyl (C=O) groups is 1. The van der Waals surface area contributed by atoms with Crippen molar-refractivity contribution in [1.82, 2.24) is 14.2 Å². The lowest BCUT2D eigenvalue weighted by atomic mass is 10.3. The number of para-hydroxylation sites is 2. The lowest BCUT2D eigenvalue weighted by Crippen LogP contribution is -2.51. The second kappa shape index (κ2) is 8.31. The molecule has 29 heavy (non-hydrogen) atoms. The second-order valence-corrected chi connectivity index (χ2v) is 9.34. The molecule has 1 aliphatic rings. The molecule has 1 N–H and O–H groups in total. The number of aromatic nitrogens is 1. The van der Waals surface area contributed by atoms with Crippen molar-refractivity contribution >= 4 is 33.0 Å². The first-order chi connectivity index (χ1) is 13.7. The smallest absolute Gasteiger partial charge is 0.310 e. The van der Waals surface area contributed by atoms with Gasteiger partial charge in [0.25, 0.3) is 15.9 Å². The van der Waals surface area contributed by atoms with Gasteiger partial charge in [-0.15, -0.1) is 0 Å². The maximum atomic E-state index is 12.7. The number of aromatic amines is 1. The first-order valence-electron chi connectivity index (χ1n) is 8.54. The first-order valence-corrected chi connectivity index (χ1v) is 10.8. The molecule has 156 valence electrons. The van der Waals surface area contributed by atoms with Gasteiger partial charge in [0.05, 0.1) is 4.92 Å². The van der Waals surface area contributed by atoms with Gasteiger partial charge in [0, 0.05) is 37.9 Å². The number of hydrogen-bond donors (Lipinski definition) is 1. The van der Waals surface area contributed by atoms with Crippen molar-refractivity contribution in [2.45, 2.75) is 11.1 Å². The summed E-state index contributed by atoms with van der Waals surface area (Å²) < 4.78 is 31.9. The van der Waals surface area contributed by atoms with Crippen molar-refractivity contribution in [3.8, 4) is 5.75 Å². The summed E-state index contributed by atoms with van der Waals surface area (Å²) in [5, 5.41) is 11.0. The zero-order chi connectivity index (χ0) is 21.2. The normalized spacial score (nSPS) is 15.3. The summed E-state index contributed by atoms with van der Waals surface area (Å²) in [4.78, 5) is 37.6. The lowest BCUT2D eigenvalue weighted by molar-refractivity contribution is -0.385. The van der Waals surface area contributed by atoms with Gasteiger partial charge in [0.2, 0.25) is 0 Å². The molecule has 1 fully saturated rings. The molecule has 0 aliphatic carbocycles. The quantitative estimate of drug-likeness (QED) is 0.509. The molecule has 0 spiro atoms. The number of nitrogens with zero attached hydrogens (tertiary/aromatic N) is 3. The molecule has 1 aromatic heterocycles. The van der Waals surface area contributed by atoms with Crippen LogP contribution in [0.2, 0.25) is 0 Å².